The molecule has 0 aliphatic heterocycles. The lowest BCUT2D eigenvalue weighted by atomic mass is 10.0. The molecule has 1 unspecified atom stereocenters. The van der Waals surface area contributed by atoms with Crippen molar-refractivity contribution in [2.75, 3.05) is 40.9 Å². The summed E-state index contributed by atoms with van der Waals surface area (Å²) in [5, 5.41) is 13.9. The first-order valence-electron chi connectivity index (χ1n) is 25.6. The van der Waals surface area contributed by atoms with Gasteiger partial charge in [-0.15, -0.1) is 0 Å². The highest BCUT2D eigenvalue weighted by Crippen LogP contribution is 2.43. The smallest absolute Gasteiger partial charge is 0.387 e. The van der Waals surface area contributed by atoms with Crippen LogP contribution in [0.5, 0.6) is 0 Å². The maximum absolute atomic E-state index is 12.9. The van der Waals surface area contributed by atoms with Crippen LogP contribution in [0.2, 0.25) is 0 Å². The molecule has 0 aliphatic rings. The molecule has 8 nitrogen and oxygen atoms in total. The molecule has 0 aliphatic carbocycles. The van der Waals surface area contributed by atoms with Gasteiger partial charge in [-0.3, -0.25) is 13.8 Å². The Balaban J connectivity index is 4.17. The Bertz CT molecular complexity index is 974. The number of carbonyl (C=O) groups is 1. The Morgan fingerprint density at radius 2 is 0.898 bits per heavy atom. The molecule has 0 spiro atoms. The molecule has 3 atom stereocenters. The van der Waals surface area contributed by atoms with Gasteiger partial charge in [0.2, 0.25) is 5.91 Å². The van der Waals surface area contributed by atoms with E-state index < -0.39 is 20.0 Å². The molecule has 1 amide bonds. The molecule has 0 aromatic rings. The molecular weight excluding hydrogens is 756 g/mol. The van der Waals surface area contributed by atoms with E-state index >= 15 is 0 Å². The molecule has 3 N–H and O–H groups in total. The number of phosphoric ester groups is 1. The maximum Gasteiger partial charge on any atom is 0.472 e. The lowest BCUT2D eigenvalue weighted by Crippen LogP contribution is -2.45. The topological polar surface area (TPSA) is 105 Å². The average Bonchev–Trinajstić information content (AvgIpc) is 3.19. The third-order valence-electron chi connectivity index (χ3n) is 11.8. The van der Waals surface area contributed by atoms with E-state index in [1.165, 1.54) is 193 Å². The van der Waals surface area contributed by atoms with Crippen molar-refractivity contribution in [3.05, 3.63) is 12.2 Å². The van der Waals surface area contributed by atoms with Gasteiger partial charge >= 0.3 is 7.82 Å². The van der Waals surface area contributed by atoms with Crippen LogP contribution in [0.15, 0.2) is 12.2 Å². The summed E-state index contributed by atoms with van der Waals surface area (Å²) in [4.78, 5) is 23.2. The maximum atomic E-state index is 12.9. The molecule has 9 heteroatoms. The minimum Gasteiger partial charge on any atom is -0.387 e. The predicted octanol–water partition coefficient (Wildman–Crippen LogP) is 14.7. The van der Waals surface area contributed by atoms with Crippen LogP contribution in [0.3, 0.4) is 0 Å². The lowest BCUT2D eigenvalue weighted by molar-refractivity contribution is -0.870. The first kappa shape index (κ1) is 58.2. The predicted molar refractivity (Wildman–Crippen MR) is 254 cm³/mol. The van der Waals surface area contributed by atoms with Crippen molar-refractivity contribution < 1.29 is 32.9 Å². The van der Waals surface area contributed by atoms with E-state index in [4.69, 9.17) is 9.05 Å². The van der Waals surface area contributed by atoms with E-state index in [0.717, 1.165) is 38.5 Å². The summed E-state index contributed by atoms with van der Waals surface area (Å²) in [5.74, 6) is -0.172. The van der Waals surface area contributed by atoms with Gasteiger partial charge in [0.1, 0.15) is 13.2 Å². The number of nitrogens with one attached hydrogen (secondary N) is 1. The largest absolute Gasteiger partial charge is 0.472 e. The number of allylic oxidation sites excluding steroid dienone is 1. The number of rotatable bonds is 47. The highest BCUT2D eigenvalue weighted by Gasteiger charge is 2.27. The van der Waals surface area contributed by atoms with Gasteiger partial charge in [0.05, 0.1) is 39.9 Å². The number of amides is 1. The van der Waals surface area contributed by atoms with Crippen molar-refractivity contribution >= 4 is 13.7 Å². The van der Waals surface area contributed by atoms with Gasteiger partial charge in [-0.1, -0.05) is 238 Å². The molecule has 352 valence electrons. The minimum absolute atomic E-state index is 0.0648. The number of unbranched alkanes of at least 4 members (excludes halogenated alkanes) is 34. The van der Waals surface area contributed by atoms with E-state index in [-0.39, 0.29) is 19.1 Å². The number of aliphatic hydroxyl groups is 1. The van der Waals surface area contributed by atoms with Gasteiger partial charge in [0.15, 0.2) is 0 Å². The number of quaternary nitrogens is 1. The summed E-state index contributed by atoms with van der Waals surface area (Å²) < 4.78 is 23.6. The third-order valence-corrected chi connectivity index (χ3v) is 12.7. The van der Waals surface area contributed by atoms with Gasteiger partial charge < -0.3 is 19.8 Å². The Kier molecular flexibility index (Phi) is 42.0. The van der Waals surface area contributed by atoms with Gasteiger partial charge in [-0.2, -0.15) is 0 Å². The lowest BCUT2D eigenvalue weighted by Gasteiger charge is -2.25. The van der Waals surface area contributed by atoms with Gasteiger partial charge in [0, 0.05) is 6.42 Å². The fourth-order valence-electron chi connectivity index (χ4n) is 7.69. The van der Waals surface area contributed by atoms with Crippen LogP contribution in [0, 0.1) is 0 Å². The number of phosphoric acid groups is 1. The summed E-state index contributed by atoms with van der Waals surface area (Å²) >= 11 is 0. The van der Waals surface area contributed by atoms with Gasteiger partial charge in [0.25, 0.3) is 0 Å². The molecule has 0 aromatic heterocycles. The van der Waals surface area contributed by atoms with Crippen LogP contribution < -0.4 is 5.32 Å². The first-order chi connectivity index (χ1) is 28.5. The second-order valence-corrected chi connectivity index (χ2v) is 20.4. The van der Waals surface area contributed by atoms with Crippen LogP contribution >= 0.6 is 7.82 Å². The Hall–Kier alpha value is -0.760. The van der Waals surface area contributed by atoms with E-state index in [1.54, 1.807) is 6.08 Å². The number of aliphatic hydroxyl groups excluding tert-OH is 1. The van der Waals surface area contributed by atoms with Crippen molar-refractivity contribution in [3.63, 3.8) is 0 Å². The number of hydrogen-bond acceptors (Lipinski definition) is 5. The SMILES string of the molecule is CCCCCCCCCCCCC/C=C/[C@@H](O)[C@H](COP(=O)(O)OCC[N+](C)(C)C)NC(=O)CCCCCCCCCCCCCCCCCCCCCCCCCC. The van der Waals surface area contributed by atoms with Crippen molar-refractivity contribution in [1.82, 2.24) is 5.32 Å². The van der Waals surface area contributed by atoms with Crippen LogP contribution in [-0.4, -0.2) is 73.4 Å². The highest BCUT2D eigenvalue weighted by molar-refractivity contribution is 7.47. The molecule has 0 radical (unpaired) electrons. The van der Waals surface area contributed by atoms with Crippen LogP contribution in [0.1, 0.15) is 251 Å². The van der Waals surface area contributed by atoms with Crippen molar-refractivity contribution in [2.24, 2.45) is 0 Å². The number of carbonyl (C=O) groups excluding carboxylic acids is 1. The Morgan fingerprint density at radius 3 is 1.25 bits per heavy atom. The fraction of sp³-hybridized carbons (Fsp3) is 0.940. The van der Waals surface area contributed by atoms with Crippen LogP contribution in [0.25, 0.3) is 0 Å². The Labute approximate surface area is 367 Å². The minimum atomic E-state index is -4.33. The summed E-state index contributed by atoms with van der Waals surface area (Å²) in [6.07, 6.45) is 50.1. The van der Waals surface area contributed by atoms with E-state index in [1.807, 2.05) is 27.2 Å². The molecule has 0 heterocycles. The normalized spacial score (nSPS) is 14.2. The summed E-state index contributed by atoms with van der Waals surface area (Å²) in [6.45, 7) is 4.84. The zero-order valence-corrected chi connectivity index (χ0v) is 40.9. The van der Waals surface area contributed by atoms with Crippen LogP contribution in [-0.2, 0) is 18.4 Å². The van der Waals surface area contributed by atoms with Gasteiger partial charge in [-0.25, -0.2) is 4.57 Å². The van der Waals surface area contributed by atoms with E-state index in [0.29, 0.717) is 17.4 Å². The van der Waals surface area contributed by atoms with Crippen molar-refractivity contribution in [3.8, 4) is 0 Å². The van der Waals surface area contributed by atoms with Gasteiger partial charge in [-0.05, 0) is 19.3 Å². The quantitative estimate of drug-likeness (QED) is 0.0244. The van der Waals surface area contributed by atoms with Crippen LogP contribution in [0.4, 0.5) is 0 Å². The molecule has 0 saturated carbocycles. The fourth-order valence-corrected chi connectivity index (χ4v) is 8.43. The molecule has 0 aromatic carbocycles. The number of hydrogen-bond donors (Lipinski definition) is 3. The third kappa shape index (κ3) is 45.1. The molecule has 59 heavy (non-hydrogen) atoms. The zero-order chi connectivity index (χ0) is 43.6. The zero-order valence-electron chi connectivity index (χ0n) is 40.0. The molecule has 0 saturated heterocycles. The highest BCUT2D eigenvalue weighted by atomic mass is 31.2. The second kappa shape index (κ2) is 42.5. The Morgan fingerprint density at radius 1 is 0.559 bits per heavy atom. The molecule has 0 fully saturated rings. The number of likely N-dealkylation sites (N-methyl/N-ethyl adjacent to an activating group) is 1. The number of nitrogens with zero attached hydrogens (tertiary/aromatic N) is 1. The van der Waals surface area contributed by atoms with E-state index in [9.17, 15) is 19.4 Å². The molecular formula is C50H102N2O6P+. The molecule has 0 bridgehead atoms. The van der Waals surface area contributed by atoms with Crippen molar-refractivity contribution in [2.45, 2.75) is 264 Å². The average molecular weight is 858 g/mol. The van der Waals surface area contributed by atoms with Crippen molar-refractivity contribution in [1.29, 1.82) is 0 Å². The standard InChI is InChI=1S/C50H101N2O6P/c1-6-8-10-12-14-16-18-20-21-22-23-24-25-26-27-28-29-30-32-34-36-38-40-42-44-50(54)51-48(47-58-59(55,56)57-46-45-52(3,4)5)49(53)43-41-39-37-35-33-31-19-17-15-13-11-9-7-2/h41,43,48-49,53H,6-40,42,44-47H2,1-5H3,(H-,51,54,55,56)/p+1/b43-41+/t48-,49+/m0/s1. The van der Waals surface area contributed by atoms with E-state index in [2.05, 4.69) is 19.2 Å². The summed E-state index contributed by atoms with van der Waals surface area (Å²) in [5.41, 5.74) is 0. The monoisotopic (exact) mass is 858 g/mol. The summed E-state index contributed by atoms with van der Waals surface area (Å²) in [7, 11) is 1.58. The first-order valence-corrected chi connectivity index (χ1v) is 27.1. The molecule has 0 rings (SSSR count). The second-order valence-electron chi connectivity index (χ2n) is 18.9. The summed E-state index contributed by atoms with van der Waals surface area (Å²) in [6, 6.07) is -0.840.